The van der Waals surface area contributed by atoms with Gasteiger partial charge in [0.05, 0.1) is 91.1 Å². The largest absolute Gasteiger partial charge is 0.491 e. The Balaban J connectivity index is 0.000000354. The maximum absolute atomic E-state index is 13.6. The Morgan fingerprint density at radius 3 is 1.43 bits per heavy atom. The molecule has 2 aromatic carbocycles. The van der Waals surface area contributed by atoms with Crippen LogP contribution in [0.15, 0.2) is 110 Å². The molecule has 0 fully saturated rings. The lowest BCUT2D eigenvalue weighted by atomic mass is 9.80. The number of benzene rings is 2. The monoisotopic (exact) mass is 1470 g/mol. The summed E-state index contributed by atoms with van der Waals surface area (Å²) in [6.45, 7) is 5.44. The molecule has 34 heteroatoms. The number of hydrogen-bond donors (Lipinski definition) is 5. The number of esters is 2. The van der Waals surface area contributed by atoms with Crippen LogP contribution in [0.1, 0.15) is 47.1 Å². The number of methoxy groups -OCH3 is 1. The van der Waals surface area contributed by atoms with Crippen LogP contribution in [-0.4, -0.2) is 109 Å². The Morgan fingerprint density at radius 2 is 1.01 bits per heavy atom. The number of hydrogen-bond acceptors (Lipinski definition) is 17. The summed E-state index contributed by atoms with van der Waals surface area (Å²) in [5.41, 5.74) is 7.67. The van der Waals surface area contributed by atoms with E-state index in [4.69, 9.17) is 176 Å². The van der Waals surface area contributed by atoms with E-state index in [-0.39, 0.29) is 64.9 Å². The summed E-state index contributed by atoms with van der Waals surface area (Å²) >= 11 is 73.5. The molecule has 470 valence electrons. The highest BCUT2D eigenvalue weighted by Crippen LogP contribution is 2.31. The number of ether oxygens (including phenoxy) is 2. The molecule has 0 saturated carbocycles. The molecule has 6 N–H and O–H groups in total. The van der Waals surface area contributed by atoms with Crippen molar-refractivity contribution in [2.75, 3.05) is 43.9 Å². The summed E-state index contributed by atoms with van der Waals surface area (Å²) in [5, 5.41) is 40.0. The van der Waals surface area contributed by atoms with Crippen molar-refractivity contribution in [3.63, 3.8) is 0 Å². The lowest BCUT2D eigenvalue weighted by molar-refractivity contribution is -0.153. The van der Waals surface area contributed by atoms with Crippen LogP contribution in [0.3, 0.4) is 0 Å². The molecule has 0 spiro atoms. The van der Waals surface area contributed by atoms with Crippen LogP contribution in [-0.2, 0) is 20.7 Å². The Labute approximate surface area is 568 Å². The minimum atomic E-state index is -1.81. The zero-order valence-corrected chi connectivity index (χ0v) is 56.2. The van der Waals surface area contributed by atoms with Gasteiger partial charge in [0.15, 0.2) is 0 Å². The number of nitrogens with two attached hydrogens (primary N) is 1. The first-order valence-corrected chi connectivity index (χ1v) is 28.7. The number of pyridine rings is 6. The van der Waals surface area contributed by atoms with Gasteiger partial charge in [-0.1, -0.05) is 151 Å². The highest BCUT2D eigenvalue weighted by molar-refractivity contribution is 6.59. The number of aromatic carboxylic acids is 1. The molecular weight excluding hydrogens is 1430 g/mol. The van der Waals surface area contributed by atoms with Gasteiger partial charge in [0, 0.05) is 71.4 Å². The number of halogens is 15. The predicted molar refractivity (Wildman–Crippen MR) is 349 cm³/mol. The fourth-order valence-electron chi connectivity index (χ4n) is 5.69. The standard InChI is InChI=1S/C12H9Cl2FN2O.C11H13Cl2NO2.C7H8Cl2N2.C7H5Cl2NO2.C6H5BClFO2.C6H3Cl2NO2.C5H4Cl2N2/c1-17(18)12-6-16-11(5-9(12)14)8-4-7(13)2-3-10(8)15;1-11(2,3)16-10(15)4-7-6-14-9(13)5-8(7)12;1-11(2)6-4-10-7(9)3-5(6)8;1-12-7(11)4-3-10-6(9)2-5(4)8;8-4-1-2-6(9)5(3-4)7(10)11;7-4-1-5(8)9-2-3(4)6(10)11;6-3-1-5(7)9-2-4(3)8/h2-6,18H,1H3;5-6H,4H2,1-3H3;3-4H,1-2H3;2-3H,1H3;1-3,10-11H;1-2H,(H,10,11);1-2H,8H2. The average molecular weight is 1480 g/mol. The summed E-state index contributed by atoms with van der Waals surface area (Å²) in [5.74, 6) is -3.08. The second-order valence-electron chi connectivity index (χ2n) is 17.7. The second-order valence-corrected chi connectivity index (χ2v) is 23.0. The molecule has 6 heterocycles. The summed E-state index contributed by atoms with van der Waals surface area (Å²) < 4.78 is 35.9. The van der Waals surface area contributed by atoms with Crippen molar-refractivity contribution in [3.8, 4) is 11.3 Å². The Hall–Kier alpha value is -5.28. The minimum Gasteiger partial charge on any atom is -0.478 e. The molecule has 0 saturated heterocycles. The summed E-state index contributed by atoms with van der Waals surface area (Å²) in [4.78, 5) is 57.5. The van der Waals surface area contributed by atoms with Gasteiger partial charge in [-0.15, -0.1) is 0 Å². The zero-order chi connectivity index (χ0) is 66.9. The molecule has 18 nitrogen and oxygen atoms in total. The number of nitrogens with zero attached hydrogens (tertiary/aromatic N) is 8. The topological polar surface area (TPSA) is 260 Å². The number of nitrogen functional groups attached to an aromatic ring is 1. The minimum absolute atomic E-state index is 0.0453. The molecule has 0 aliphatic rings. The van der Waals surface area contributed by atoms with Crippen LogP contribution in [0.4, 0.5) is 25.8 Å². The normalized spacial score (nSPS) is 10.1. The average Bonchev–Trinajstić information content (AvgIpc) is 3.60. The van der Waals surface area contributed by atoms with Crippen molar-refractivity contribution in [3.05, 3.63) is 204 Å². The van der Waals surface area contributed by atoms with E-state index in [1.54, 1.807) is 12.3 Å². The van der Waals surface area contributed by atoms with Gasteiger partial charge in [0.1, 0.15) is 43.0 Å². The quantitative estimate of drug-likeness (QED) is 0.0410. The number of carbonyl (C=O) groups excluding carboxylic acids is 2. The fraction of sp³-hybridized carbons (Fsp3) is 0.167. The van der Waals surface area contributed by atoms with Gasteiger partial charge in [-0.25, -0.2) is 43.3 Å². The van der Waals surface area contributed by atoms with E-state index in [1.165, 1.54) is 99.6 Å². The van der Waals surface area contributed by atoms with Crippen molar-refractivity contribution in [1.29, 1.82) is 0 Å². The van der Waals surface area contributed by atoms with Gasteiger partial charge in [-0.3, -0.25) is 20.0 Å². The number of carboxylic acid groups (broad SMARTS) is 1. The van der Waals surface area contributed by atoms with E-state index in [9.17, 15) is 28.4 Å². The van der Waals surface area contributed by atoms with Gasteiger partial charge in [-0.2, -0.15) is 0 Å². The third kappa shape index (κ3) is 28.7. The molecule has 8 aromatic rings. The molecule has 8 rings (SSSR count). The number of carbonyl (C=O) groups is 3. The van der Waals surface area contributed by atoms with E-state index >= 15 is 0 Å². The molecule has 0 radical (unpaired) electrons. The van der Waals surface area contributed by atoms with Crippen molar-refractivity contribution in [2.24, 2.45) is 0 Å². The van der Waals surface area contributed by atoms with Gasteiger partial charge < -0.3 is 35.3 Å². The Bertz CT molecular complexity index is 3660. The van der Waals surface area contributed by atoms with E-state index in [0.29, 0.717) is 58.2 Å². The van der Waals surface area contributed by atoms with Crippen LogP contribution < -0.4 is 21.2 Å². The maximum atomic E-state index is 13.6. The number of anilines is 3. The van der Waals surface area contributed by atoms with Gasteiger partial charge in [0.25, 0.3) is 0 Å². The molecule has 0 atom stereocenters. The fourth-order valence-corrected chi connectivity index (χ4v) is 8.54. The molecular formula is C54H47BCl13F2N9O9. The molecule has 0 bridgehead atoms. The highest BCUT2D eigenvalue weighted by atomic mass is 35.5. The van der Waals surface area contributed by atoms with Crippen LogP contribution >= 0.6 is 151 Å². The molecule has 0 unspecified atom stereocenters. The first kappa shape index (κ1) is 78.8. The predicted octanol–water partition coefficient (Wildman–Crippen LogP) is 16.1. The molecule has 0 amide bonds. The number of carboxylic acids is 1. The number of rotatable bonds is 8. The van der Waals surface area contributed by atoms with E-state index < -0.39 is 36.3 Å². The smallest absolute Gasteiger partial charge is 0.478 e. The molecule has 0 aliphatic heterocycles. The maximum Gasteiger partial charge on any atom is 0.491 e. The van der Waals surface area contributed by atoms with Crippen LogP contribution in [0.5, 0.6) is 0 Å². The lowest BCUT2D eigenvalue weighted by Crippen LogP contribution is -2.32. The van der Waals surface area contributed by atoms with Crippen LogP contribution in [0.2, 0.25) is 65.9 Å². The second kappa shape index (κ2) is 38.4. The van der Waals surface area contributed by atoms with Crippen molar-refractivity contribution in [1.82, 2.24) is 29.9 Å². The highest BCUT2D eigenvalue weighted by Gasteiger charge is 2.19. The lowest BCUT2D eigenvalue weighted by Gasteiger charge is -2.19. The first-order chi connectivity index (χ1) is 40.9. The molecule has 88 heavy (non-hydrogen) atoms. The summed E-state index contributed by atoms with van der Waals surface area (Å²) in [6, 6.07) is 16.5. The number of aromatic nitrogens is 6. The van der Waals surface area contributed by atoms with Crippen molar-refractivity contribution >= 4 is 198 Å². The van der Waals surface area contributed by atoms with E-state index in [2.05, 4.69) is 34.6 Å². The third-order valence-electron chi connectivity index (χ3n) is 9.68. The van der Waals surface area contributed by atoms with Crippen molar-refractivity contribution < 1.29 is 53.0 Å². The Kier molecular flexibility index (Phi) is 34.4. The molecule has 6 aromatic heterocycles. The van der Waals surface area contributed by atoms with Gasteiger partial charge in [-0.05, 0) is 93.6 Å². The summed E-state index contributed by atoms with van der Waals surface area (Å²) in [6.07, 6.45) is 8.39. The van der Waals surface area contributed by atoms with E-state index in [0.717, 1.165) is 23.0 Å². The van der Waals surface area contributed by atoms with Gasteiger partial charge in [0.2, 0.25) is 0 Å². The Morgan fingerprint density at radius 1 is 0.568 bits per heavy atom. The van der Waals surface area contributed by atoms with Crippen LogP contribution in [0.25, 0.3) is 11.3 Å². The first-order valence-electron chi connectivity index (χ1n) is 23.8. The van der Waals surface area contributed by atoms with Crippen LogP contribution in [0, 0.1) is 11.6 Å². The zero-order valence-electron chi connectivity index (χ0n) is 46.3. The third-order valence-corrected chi connectivity index (χ3v) is 13.1. The SMILES string of the molecule is CC(C)(C)OC(=O)Cc1cnc(Cl)cc1Cl.CN(C)c1cnc(Cl)cc1Cl.CN(O)c1cnc(-c2cc(Cl)ccc2F)cc1Cl.COC(=O)c1cnc(Cl)cc1Cl.Nc1cnc(Cl)cc1Cl.O=C(O)c1cnc(Cl)cc1Cl.OB(O)c1cc(Cl)ccc1F. The van der Waals surface area contributed by atoms with Gasteiger partial charge >= 0.3 is 25.0 Å². The summed E-state index contributed by atoms with van der Waals surface area (Å²) in [7, 11) is 4.68. The number of hydroxylamine groups is 1. The van der Waals surface area contributed by atoms with Crippen molar-refractivity contribution in [2.45, 2.75) is 32.8 Å². The van der Waals surface area contributed by atoms with E-state index in [1.807, 2.05) is 39.8 Å². The molecule has 0 aliphatic carbocycles.